The van der Waals surface area contributed by atoms with E-state index in [1.165, 1.54) is 18.0 Å². The van der Waals surface area contributed by atoms with E-state index in [0.29, 0.717) is 30.3 Å². The molecule has 2 aromatic rings. The number of H-pyrrole nitrogens is 1. The number of ether oxygens (including phenoxy) is 2. The van der Waals surface area contributed by atoms with Gasteiger partial charge in [0.05, 0.1) is 17.6 Å². The Kier molecular flexibility index (Phi) is 6.47. The topological polar surface area (TPSA) is 88.8 Å². The van der Waals surface area contributed by atoms with Gasteiger partial charge in [-0.25, -0.2) is 4.68 Å². The van der Waals surface area contributed by atoms with E-state index in [1.807, 2.05) is 20.1 Å². The van der Waals surface area contributed by atoms with Crippen LogP contribution in [0.25, 0.3) is 5.82 Å². The van der Waals surface area contributed by atoms with E-state index in [4.69, 9.17) is 21.1 Å². The van der Waals surface area contributed by atoms with Crippen molar-refractivity contribution in [2.75, 3.05) is 19.5 Å². The van der Waals surface area contributed by atoms with Crippen molar-refractivity contribution in [3.05, 3.63) is 23.0 Å². The third-order valence-electron chi connectivity index (χ3n) is 3.13. The number of alkyl halides is 1. The lowest BCUT2D eigenvalue weighted by Crippen LogP contribution is -2.16. The Balaban J connectivity index is 2.58. The second-order valence-corrected chi connectivity index (χ2v) is 5.47. The number of nitrogens with zero attached hydrogens (tertiary/aromatic N) is 4. The molecule has 0 spiro atoms. The summed E-state index contributed by atoms with van der Waals surface area (Å²) in [6.07, 6.45) is 2.72. The van der Waals surface area contributed by atoms with Crippen molar-refractivity contribution >= 4 is 23.4 Å². The highest BCUT2D eigenvalue weighted by Gasteiger charge is 2.26. The highest BCUT2D eigenvalue weighted by atomic mass is 35.5. The molecular weight excluding hydrogens is 338 g/mol. The van der Waals surface area contributed by atoms with Crippen LogP contribution < -0.4 is 0 Å². The number of aromatic amines is 1. The van der Waals surface area contributed by atoms with Crippen LogP contribution in [0, 0.1) is 11.3 Å². The maximum absolute atomic E-state index is 9.37. The lowest BCUT2D eigenvalue weighted by molar-refractivity contribution is -0.143. The van der Waals surface area contributed by atoms with E-state index in [0.717, 1.165) is 10.6 Å². The van der Waals surface area contributed by atoms with Crippen LogP contribution in [0.2, 0.25) is 0 Å². The number of nitriles is 1. The van der Waals surface area contributed by atoms with Crippen LogP contribution in [0.5, 0.6) is 0 Å². The first-order valence-electron chi connectivity index (χ1n) is 7.10. The van der Waals surface area contributed by atoms with Crippen LogP contribution in [0.3, 0.4) is 0 Å². The molecule has 124 valence electrons. The van der Waals surface area contributed by atoms with Crippen LogP contribution in [0.4, 0.5) is 0 Å². The van der Waals surface area contributed by atoms with Crippen molar-refractivity contribution in [2.45, 2.75) is 31.0 Å². The summed E-state index contributed by atoms with van der Waals surface area (Å²) in [7, 11) is 0. The van der Waals surface area contributed by atoms with Crippen LogP contribution in [-0.2, 0) is 15.4 Å². The summed E-state index contributed by atoms with van der Waals surface area (Å²) in [6, 6.07) is 2.13. The lowest BCUT2D eigenvalue weighted by Gasteiger charge is -2.18. The molecule has 2 aromatic heterocycles. The molecule has 0 fully saturated rings. The van der Waals surface area contributed by atoms with Crippen molar-refractivity contribution in [1.29, 1.82) is 5.26 Å². The zero-order valence-corrected chi connectivity index (χ0v) is 14.7. The molecule has 0 aliphatic rings. The van der Waals surface area contributed by atoms with Crippen molar-refractivity contribution < 1.29 is 9.47 Å². The van der Waals surface area contributed by atoms with Crippen molar-refractivity contribution in [3.8, 4) is 11.9 Å². The Morgan fingerprint density at radius 3 is 2.65 bits per heavy atom. The summed E-state index contributed by atoms with van der Waals surface area (Å²) in [5.41, 5.74) is 1.73. The standard InChI is InChI=1S/C14H18ClN5O2S/c1-4-21-14(22-5-2)11-9(7-16)8-17-20(11)12-10(6-15)13(23-3)19-18-12/h8,14H,4-6H2,1-3H3,(H,18,19). The van der Waals surface area contributed by atoms with Gasteiger partial charge in [-0.3, -0.25) is 5.10 Å². The molecular formula is C14H18ClN5O2S. The Hall–Kier alpha value is -1.53. The van der Waals surface area contributed by atoms with Crippen molar-refractivity contribution in [3.63, 3.8) is 0 Å². The van der Waals surface area contributed by atoms with Gasteiger partial charge in [0.25, 0.3) is 0 Å². The predicted molar refractivity (Wildman–Crippen MR) is 87.8 cm³/mol. The SMILES string of the molecule is CCOC(OCC)c1c(C#N)cnn1-c1[nH]nc(SC)c1CCl. The van der Waals surface area contributed by atoms with Gasteiger partial charge in [0.2, 0.25) is 6.29 Å². The first-order valence-corrected chi connectivity index (χ1v) is 8.86. The normalized spacial score (nSPS) is 11.1. The second-order valence-electron chi connectivity index (χ2n) is 4.40. The Morgan fingerprint density at radius 1 is 1.43 bits per heavy atom. The van der Waals surface area contributed by atoms with Gasteiger partial charge >= 0.3 is 0 Å². The van der Waals surface area contributed by atoms with E-state index >= 15 is 0 Å². The van der Waals surface area contributed by atoms with E-state index in [-0.39, 0.29) is 5.88 Å². The van der Waals surface area contributed by atoms with Crippen LogP contribution >= 0.6 is 23.4 Å². The number of halogens is 1. The zero-order chi connectivity index (χ0) is 16.8. The molecule has 0 aliphatic carbocycles. The number of thioether (sulfide) groups is 1. The number of hydrogen-bond donors (Lipinski definition) is 1. The average molecular weight is 356 g/mol. The van der Waals surface area contributed by atoms with Gasteiger partial charge in [-0.1, -0.05) is 0 Å². The molecule has 0 amide bonds. The molecule has 0 bridgehead atoms. The average Bonchev–Trinajstić information content (AvgIpc) is 3.17. The number of nitrogens with one attached hydrogen (secondary N) is 1. The fraction of sp³-hybridized carbons (Fsp3) is 0.500. The van der Waals surface area contributed by atoms with E-state index < -0.39 is 6.29 Å². The molecule has 9 heteroatoms. The number of aromatic nitrogens is 4. The van der Waals surface area contributed by atoms with Gasteiger partial charge in [-0.15, -0.1) is 23.4 Å². The fourth-order valence-corrected chi connectivity index (χ4v) is 3.05. The molecule has 2 heterocycles. The number of hydrogen-bond acceptors (Lipinski definition) is 6. The molecule has 0 saturated heterocycles. The molecule has 0 unspecified atom stereocenters. The molecule has 2 rings (SSSR count). The summed E-state index contributed by atoms with van der Waals surface area (Å²) >= 11 is 7.55. The Morgan fingerprint density at radius 2 is 2.13 bits per heavy atom. The molecule has 0 saturated carbocycles. The molecule has 0 radical (unpaired) electrons. The third kappa shape index (κ3) is 3.53. The largest absolute Gasteiger partial charge is 0.347 e. The first-order chi connectivity index (χ1) is 11.2. The Labute approximate surface area is 143 Å². The van der Waals surface area contributed by atoms with Crippen molar-refractivity contribution in [1.82, 2.24) is 20.0 Å². The van der Waals surface area contributed by atoms with Gasteiger partial charge in [0.1, 0.15) is 16.8 Å². The monoisotopic (exact) mass is 355 g/mol. The second kappa shape index (κ2) is 8.36. The molecule has 23 heavy (non-hydrogen) atoms. The number of rotatable bonds is 8. The lowest BCUT2D eigenvalue weighted by atomic mass is 10.2. The molecule has 0 atom stereocenters. The van der Waals surface area contributed by atoms with E-state index in [2.05, 4.69) is 21.4 Å². The van der Waals surface area contributed by atoms with Gasteiger partial charge < -0.3 is 9.47 Å². The molecule has 0 aromatic carbocycles. The van der Waals surface area contributed by atoms with Crippen LogP contribution in [0.15, 0.2) is 11.2 Å². The van der Waals surface area contributed by atoms with Crippen LogP contribution in [-0.4, -0.2) is 39.4 Å². The third-order valence-corrected chi connectivity index (χ3v) is 4.12. The van der Waals surface area contributed by atoms with Gasteiger partial charge in [-0.05, 0) is 20.1 Å². The minimum atomic E-state index is -0.689. The smallest absolute Gasteiger partial charge is 0.202 e. The quantitative estimate of drug-likeness (QED) is 0.445. The van der Waals surface area contributed by atoms with Gasteiger partial charge in [0.15, 0.2) is 5.82 Å². The zero-order valence-electron chi connectivity index (χ0n) is 13.2. The van der Waals surface area contributed by atoms with Crippen molar-refractivity contribution in [2.24, 2.45) is 0 Å². The Bertz CT molecular complexity index is 688. The predicted octanol–water partition coefficient (Wildman–Crippen LogP) is 3.00. The summed E-state index contributed by atoms with van der Waals surface area (Å²) in [5, 5.41) is 21.6. The highest BCUT2D eigenvalue weighted by Crippen LogP contribution is 2.30. The van der Waals surface area contributed by atoms with E-state index in [9.17, 15) is 5.26 Å². The molecule has 0 aliphatic heterocycles. The summed E-state index contributed by atoms with van der Waals surface area (Å²) in [5.74, 6) is 0.891. The van der Waals surface area contributed by atoms with E-state index in [1.54, 1.807) is 4.68 Å². The summed E-state index contributed by atoms with van der Waals surface area (Å²) in [4.78, 5) is 0. The van der Waals surface area contributed by atoms with Crippen LogP contribution in [0.1, 0.15) is 37.0 Å². The fourth-order valence-electron chi connectivity index (χ4n) is 2.16. The summed E-state index contributed by atoms with van der Waals surface area (Å²) in [6.45, 7) is 4.63. The minimum Gasteiger partial charge on any atom is -0.347 e. The maximum atomic E-state index is 9.37. The van der Waals surface area contributed by atoms with Gasteiger partial charge in [0, 0.05) is 18.8 Å². The minimum absolute atomic E-state index is 0.275. The first kappa shape index (κ1) is 17.8. The maximum Gasteiger partial charge on any atom is 0.202 e. The molecule has 1 N–H and O–H groups in total. The molecule has 7 nitrogen and oxygen atoms in total. The highest BCUT2D eigenvalue weighted by molar-refractivity contribution is 7.98. The summed E-state index contributed by atoms with van der Waals surface area (Å²) < 4.78 is 12.8. The van der Waals surface area contributed by atoms with Gasteiger partial charge in [-0.2, -0.15) is 15.5 Å².